The van der Waals surface area contributed by atoms with Gasteiger partial charge in [-0.3, -0.25) is 4.90 Å². The molecule has 7 nitrogen and oxygen atoms in total. The average Bonchev–Trinajstić information content (AvgIpc) is 3.39. The van der Waals surface area contributed by atoms with Gasteiger partial charge in [0.1, 0.15) is 22.7 Å². The van der Waals surface area contributed by atoms with Crippen molar-refractivity contribution in [3.05, 3.63) is 88.7 Å². The van der Waals surface area contributed by atoms with E-state index in [9.17, 15) is 9.90 Å². The summed E-state index contributed by atoms with van der Waals surface area (Å²) in [5, 5.41) is 11.5. The van der Waals surface area contributed by atoms with Gasteiger partial charge in [0.25, 0.3) is 0 Å². The number of rotatable bonds is 7. The van der Waals surface area contributed by atoms with Crippen molar-refractivity contribution in [3.63, 3.8) is 0 Å². The van der Waals surface area contributed by atoms with Crippen LogP contribution < -0.4 is 9.64 Å². The van der Waals surface area contributed by atoms with Gasteiger partial charge in [-0.15, -0.1) is 0 Å². The Morgan fingerprint density at radius 2 is 1.79 bits per heavy atom. The molecule has 3 heterocycles. The summed E-state index contributed by atoms with van der Waals surface area (Å²) in [4.78, 5) is 24.3. The number of nitrogens with one attached hydrogen (secondary N) is 1. The summed E-state index contributed by atoms with van der Waals surface area (Å²) in [5.74, 6) is -0.200. The predicted octanol–water partition coefficient (Wildman–Crippen LogP) is 7.88. The lowest BCUT2D eigenvalue weighted by Crippen LogP contribution is -2.47. The molecule has 218 valence electrons. The fourth-order valence-corrected chi connectivity index (χ4v) is 6.21. The van der Waals surface area contributed by atoms with E-state index < -0.39 is 5.97 Å². The van der Waals surface area contributed by atoms with Crippen LogP contribution in [0.25, 0.3) is 16.6 Å². The Bertz CT molecular complexity index is 1620. The fraction of sp³-hybridized carbons (Fsp3) is 0.353. The van der Waals surface area contributed by atoms with Crippen molar-refractivity contribution in [3.8, 4) is 11.5 Å². The second kappa shape index (κ2) is 11.8. The number of halogens is 1. The molecule has 2 aromatic heterocycles. The molecule has 0 atom stereocenters. The maximum atomic E-state index is 12.0. The molecular formula is C34H37ClN4O3. The lowest BCUT2D eigenvalue weighted by atomic mass is 9.84. The maximum absolute atomic E-state index is 12.0. The molecule has 6 rings (SSSR count). The molecule has 0 saturated carbocycles. The fourth-order valence-electron chi connectivity index (χ4n) is 6.08. The third-order valence-corrected chi connectivity index (χ3v) is 8.98. The summed E-state index contributed by atoms with van der Waals surface area (Å²) in [5.41, 5.74) is 6.51. The van der Waals surface area contributed by atoms with Crippen LogP contribution in [0.15, 0.2) is 72.6 Å². The van der Waals surface area contributed by atoms with Crippen molar-refractivity contribution in [1.29, 1.82) is 0 Å². The van der Waals surface area contributed by atoms with Gasteiger partial charge in [-0.1, -0.05) is 43.2 Å². The zero-order valence-corrected chi connectivity index (χ0v) is 25.0. The summed E-state index contributed by atoms with van der Waals surface area (Å²) >= 11 is 6.21. The van der Waals surface area contributed by atoms with E-state index in [-0.39, 0.29) is 5.56 Å². The number of nitrogens with zero attached hydrogens (tertiary/aromatic N) is 3. The highest BCUT2D eigenvalue weighted by molar-refractivity contribution is 6.30. The molecule has 0 spiro atoms. The SMILES string of the molecule is CC1(C)CCC(CN2CCN(c3ccc(C(=O)O)c(Oc4cnc5[nH]ccc5c4)c3)CC2)=C(c2ccc(Cl)cc2)CC1. The number of hydrogen-bond donors (Lipinski definition) is 2. The van der Waals surface area contributed by atoms with Crippen LogP contribution in [0.2, 0.25) is 5.02 Å². The highest BCUT2D eigenvalue weighted by atomic mass is 35.5. The van der Waals surface area contributed by atoms with Crippen LogP contribution in [-0.4, -0.2) is 58.7 Å². The molecule has 42 heavy (non-hydrogen) atoms. The molecule has 0 radical (unpaired) electrons. The van der Waals surface area contributed by atoms with Crippen LogP contribution in [-0.2, 0) is 0 Å². The molecule has 1 fully saturated rings. The number of hydrogen-bond acceptors (Lipinski definition) is 5. The molecule has 4 aromatic rings. The zero-order chi connectivity index (χ0) is 29.3. The molecule has 2 aromatic carbocycles. The van der Waals surface area contributed by atoms with Gasteiger partial charge >= 0.3 is 5.97 Å². The van der Waals surface area contributed by atoms with Crippen molar-refractivity contribution in [2.24, 2.45) is 5.41 Å². The van der Waals surface area contributed by atoms with Gasteiger partial charge in [-0.2, -0.15) is 0 Å². The minimum Gasteiger partial charge on any atom is -0.478 e. The van der Waals surface area contributed by atoms with Crippen molar-refractivity contribution in [2.45, 2.75) is 39.5 Å². The van der Waals surface area contributed by atoms with Gasteiger partial charge in [-0.05, 0) is 78.6 Å². The number of pyridine rings is 1. The molecule has 0 unspecified atom stereocenters. The summed E-state index contributed by atoms with van der Waals surface area (Å²) < 4.78 is 6.08. The number of carboxylic acid groups (broad SMARTS) is 1. The number of allylic oxidation sites excluding steroid dienone is 1. The van der Waals surface area contributed by atoms with E-state index in [0.29, 0.717) is 16.9 Å². The topological polar surface area (TPSA) is 81.7 Å². The third kappa shape index (κ3) is 6.32. The van der Waals surface area contributed by atoms with E-state index >= 15 is 0 Å². The van der Waals surface area contributed by atoms with Crippen LogP contribution in [0.3, 0.4) is 0 Å². The Morgan fingerprint density at radius 3 is 2.55 bits per heavy atom. The van der Waals surface area contributed by atoms with Crippen LogP contribution in [0.5, 0.6) is 11.5 Å². The number of carbonyl (C=O) groups is 1. The van der Waals surface area contributed by atoms with Gasteiger partial charge in [0.05, 0.1) is 6.20 Å². The largest absolute Gasteiger partial charge is 0.478 e. The molecule has 1 saturated heterocycles. The van der Waals surface area contributed by atoms with Crippen LogP contribution >= 0.6 is 11.6 Å². The highest BCUT2D eigenvalue weighted by Gasteiger charge is 2.27. The summed E-state index contributed by atoms with van der Waals surface area (Å²) in [6.07, 6.45) is 8.02. The van der Waals surface area contributed by atoms with Gasteiger partial charge in [0, 0.05) is 61.1 Å². The number of anilines is 1. The van der Waals surface area contributed by atoms with Crippen molar-refractivity contribution >= 4 is 39.9 Å². The average molecular weight is 585 g/mol. The first-order valence-electron chi connectivity index (χ1n) is 14.7. The quantitative estimate of drug-likeness (QED) is 0.230. The first-order chi connectivity index (χ1) is 20.2. The van der Waals surface area contributed by atoms with Crippen LogP contribution in [0.1, 0.15) is 55.5 Å². The lowest BCUT2D eigenvalue weighted by molar-refractivity contribution is 0.0694. The third-order valence-electron chi connectivity index (χ3n) is 8.73. The second-order valence-electron chi connectivity index (χ2n) is 12.2. The second-order valence-corrected chi connectivity index (χ2v) is 12.6. The number of ether oxygens (including phenoxy) is 1. The smallest absolute Gasteiger partial charge is 0.339 e. The number of piperazine rings is 1. The van der Waals surface area contributed by atoms with Crippen molar-refractivity contribution in [1.82, 2.24) is 14.9 Å². The Balaban J connectivity index is 1.17. The summed E-state index contributed by atoms with van der Waals surface area (Å²) in [7, 11) is 0. The number of aromatic nitrogens is 2. The normalized spacial score (nSPS) is 17.8. The van der Waals surface area contributed by atoms with E-state index in [1.165, 1.54) is 24.0 Å². The van der Waals surface area contributed by atoms with Gasteiger partial charge < -0.3 is 19.7 Å². The Morgan fingerprint density at radius 1 is 1.02 bits per heavy atom. The predicted molar refractivity (Wildman–Crippen MR) is 169 cm³/mol. The maximum Gasteiger partial charge on any atom is 0.339 e. The molecular weight excluding hydrogens is 548 g/mol. The molecule has 2 N–H and O–H groups in total. The number of carboxylic acids is 1. The number of benzene rings is 2. The van der Waals surface area contributed by atoms with Gasteiger partial charge in [-0.25, -0.2) is 9.78 Å². The number of H-pyrrole nitrogens is 1. The van der Waals surface area contributed by atoms with E-state index in [2.05, 4.69) is 45.7 Å². The number of aromatic amines is 1. The Hall–Kier alpha value is -3.81. The summed E-state index contributed by atoms with van der Waals surface area (Å²) in [6.45, 7) is 9.34. The van der Waals surface area contributed by atoms with E-state index in [0.717, 1.165) is 67.3 Å². The minimum atomic E-state index is -1.02. The van der Waals surface area contributed by atoms with Crippen LogP contribution in [0, 0.1) is 5.41 Å². The van der Waals surface area contributed by atoms with E-state index in [1.807, 2.05) is 42.6 Å². The summed E-state index contributed by atoms with van der Waals surface area (Å²) in [6, 6.07) is 17.5. The number of aromatic carboxylic acids is 1. The minimum absolute atomic E-state index is 0.129. The molecule has 0 bridgehead atoms. The molecule has 1 aliphatic carbocycles. The zero-order valence-electron chi connectivity index (χ0n) is 24.2. The Kier molecular flexibility index (Phi) is 7.97. The van der Waals surface area contributed by atoms with E-state index in [1.54, 1.807) is 17.8 Å². The molecule has 1 aliphatic heterocycles. The Labute approximate surface area is 251 Å². The standard InChI is InChI=1S/C34H37ClN4O3/c1-34(2)12-9-25(29(10-13-34)23-3-5-26(35)6-4-23)22-38-15-17-39(18-16-38)27-7-8-30(33(40)41)31(20-27)42-28-19-24-11-14-36-32(24)37-21-28/h3-8,11,14,19-21H,9-10,12-13,15-18,22H2,1-2H3,(H,36,37)(H,40,41). The lowest BCUT2D eigenvalue weighted by Gasteiger charge is -2.37. The first kappa shape index (κ1) is 28.3. The van der Waals surface area contributed by atoms with Crippen molar-refractivity contribution in [2.75, 3.05) is 37.6 Å². The van der Waals surface area contributed by atoms with Gasteiger partial charge in [0.15, 0.2) is 0 Å². The molecule has 0 amide bonds. The van der Waals surface area contributed by atoms with Crippen LogP contribution in [0.4, 0.5) is 5.69 Å². The first-order valence-corrected chi connectivity index (χ1v) is 15.0. The van der Waals surface area contributed by atoms with Crippen molar-refractivity contribution < 1.29 is 14.6 Å². The molecule has 8 heteroatoms. The highest BCUT2D eigenvalue weighted by Crippen LogP contribution is 2.40. The van der Waals surface area contributed by atoms with Gasteiger partial charge in [0.2, 0.25) is 0 Å². The number of fused-ring (bicyclic) bond motifs is 1. The van der Waals surface area contributed by atoms with E-state index in [4.69, 9.17) is 16.3 Å². The molecule has 2 aliphatic rings. The monoisotopic (exact) mass is 584 g/mol.